The first-order chi connectivity index (χ1) is 11.4. The second kappa shape index (κ2) is 7.93. The number of ether oxygens (including phenoxy) is 3. The van der Waals surface area contributed by atoms with Gasteiger partial charge in [0.1, 0.15) is 17.2 Å². The number of amides is 1. The maximum Gasteiger partial charge on any atom is 0.265 e. The zero-order chi connectivity index (χ0) is 17.7. The Morgan fingerprint density at radius 1 is 1.12 bits per heavy atom. The van der Waals surface area contributed by atoms with Gasteiger partial charge in [0.2, 0.25) is 0 Å². The Balaban J connectivity index is 2.10. The van der Waals surface area contributed by atoms with Gasteiger partial charge >= 0.3 is 0 Å². The van der Waals surface area contributed by atoms with E-state index in [1.54, 1.807) is 50.4 Å². The van der Waals surface area contributed by atoms with E-state index in [1.807, 2.05) is 6.92 Å². The minimum atomic E-state index is -0.696. The molecule has 0 aliphatic rings. The van der Waals surface area contributed by atoms with Crippen LogP contribution in [0.1, 0.15) is 12.5 Å². The molecule has 0 spiro atoms. The number of hydrogen-bond acceptors (Lipinski definition) is 4. The highest BCUT2D eigenvalue weighted by molar-refractivity contribution is 6.31. The Morgan fingerprint density at radius 2 is 1.83 bits per heavy atom. The summed E-state index contributed by atoms with van der Waals surface area (Å²) in [6.07, 6.45) is -0.696. The van der Waals surface area contributed by atoms with Crippen molar-refractivity contribution in [2.24, 2.45) is 0 Å². The van der Waals surface area contributed by atoms with Gasteiger partial charge in [0.05, 0.1) is 19.9 Å². The number of rotatable bonds is 6. The smallest absolute Gasteiger partial charge is 0.265 e. The van der Waals surface area contributed by atoms with Gasteiger partial charge in [-0.25, -0.2) is 0 Å². The zero-order valence-electron chi connectivity index (χ0n) is 14.1. The largest absolute Gasteiger partial charge is 0.497 e. The molecule has 0 aromatic heterocycles. The average Bonchev–Trinajstić information content (AvgIpc) is 2.57. The molecule has 0 fully saturated rings. The molecular weight excluding hydrogens is 330 g/mol. The van der Waals surface area contributed by atoms with E-state index in [0.717, 1.165) is 5.56 Å². The van der Waals surface area contributed by atoms with Gasteiger partial charge in [-0.2, -0.15) is 0 Å². The highest BCUT2D eigenvalue weighted by Gasteiger charge is 2.18. The second-order valence-electron chi connectivity index (χ2n) is 5.23. The fourth-order valence-corrected chi connectivity index (χ4v) is 2.25. The van der Waals surface area contributed by atoms with Gasteiger partial charge in [0.25, 0.3) is 5.91 Å². The molecule has 1 unspecified atom stereocenters. The summed E-state index contributed by atoms with van der Waals surface area (Å²) in [7, 11) is 3.09. The minimum Gasteiger partial charge on any atom is -0.497 e. The Kier molecular flexibility index (Phi) is 5.93. The van der Waals surface area contributed by atoms with E-state index in [-0.39, 0.29) is 5.91 Å². The van der Waals surface area contributed by atoms with Gasteiger partial charge in [-0.3, -0.25) is 4.79 Å². The van der Waals surface area contributed by atoms with Crippen LogP contribution in [-0.4, -0.2) is 26.2 Å². The topological polar surface area (TPSA) is 56.8 Å². The third-order valence-electron chi connectivity index (χ3n) is 3.46. The zero-order valence-corrected chi connectivity index (χ0v) is 14.8. The second-order valence-corrected chi connectivity index (χ2v) is 5.64. The molecular formula is C18H20ClNO4. The fourth-order valence-electron chi connectivity index (χ4n) is 2.10. The van der Waals surface area contributed by atoms with Gasteiger partial charge in [0.15, 0.2) is 6.10 Å². The number of carbonyl (C=O) groups is 1. The molecule has 1 atom stereocenters. The van der Waals surface area contributed by atoms with E-state index < -0.39 is 6.10 Å². The Morgan fingerprint density at radius 3 is 2.50 bits per heavy atom. The van der Waals surface area contributed by atoms with E-state index in [2.05, 4.69) is 5.32 Å². The van der Waals surface area contributed by atoms with Crippen LogP contribution in [0.2, 0.25) is 5.02 Å². The summed E-state index contributed by atoms with van der Waals surface area (Å²) in [6, 6.07) is 10.5. The molecule has 0 aliphatic heterocycles. The highest BCUT2D eigenvalue weighted by Crippen LogP contribution is 2.31. The van der Waals surface area contributed by atoms with Crippen molar-refractivity contribution in [1.29, 1.82) is 0 Å². The molecule has 1 N–H and O–H groups in total. The van der Waals surface area contributed by atoms with E-state index >= 15 is 0 Å². The van der Waals surface area contributed by atoms with Crippen LogP contribution in [0.3, 0.4) is 0 Å². The van der Waals surface area contributed by atoms with Crippen LogP contribution in [0.4, 0.5) is 5.69 Å². The molecule has 2 aromatic rings. The summed E-state index contributed by atoms with van der Waals surface area (Å²) in [4.78, 5) is 12.4. The first kappa shape index (κ1) is 17.9. The third-order valence-corrected chi connectivity index (χ3v) is 3.87. The van der Waals surface area contributed by atoms with Crippen LogP contribution in [0.25, 0.3) is 0 Å². The number of methoxy groups -OCH3 is 2. The number of carbonyl (C=O) groups excluding carboxylic acids is 1. The lowest BCUT2D eigenvalue weighted by atomic mass is 10.2. The SMILES string of the molecule is COc1cccc(OC(C)C(=O)Nc2cc(C)c(Cl)cc2OC)c1. The molecule has 1 amide bonds. The lowest BCUT2D eigenvalue weighted by Gasteiger charge is -2.17. The Hall–Kier alpha value is -2.40. The van der Waals surface area contributed by atoms with Crippen LogP contribution in [-0.2, 0) is 4.79 Å². The third kappa shape index (κ3) is 4.32. The molecule has 2 rings (SSSR count). The van der Waals surface area contributed by atoms with E-state index in [0.29, 0.717) is 28.0 Å². The van der Waals surface area contributed by atoms with Crippen LogP contribution in [0.15, 0.2) is 36.4 Å². The van der Waals surface area contributed by atoms with Crippen molar-refractivity contribution < 1.29 is 19.0 Å². The lowest BCUT2D eigenvalue weighted by Crippen LogP contribution is -2.30. The monoisotopic (exact) mass is 349 g/mol. The molecule has 6 heteroatoms. The molecule has 2 aromatic carbocycles. The summed E-state index contributed by atoms with van der Waals surface area (Å²) in [6.45, 7) is 3.53. The van der Waals surface area contributed by atoms with E-state index in [4.69, 9.17) is 25.8 Å². The van der Waals surface area contributed by atoms with E-state index in [1.165, 1.54) is 7.11 Å². The molecule has 5 nitrogen and oxygen atoms in total. The molecule has 128 valence electrons. The van der Waals surface area contributed by atoms with Crippen LogP contribution >= 0.6 is 11.6 Å². The fraction of sp³-hybridized carbons (Fsp3) is 0.278. The maximum absolute atomic E-state index is 12.4. The summed E-state index contributed by atoms with van der Waals surface area (Å²) in [5, 5.41) is 3.37. The number of aryl methyl sites for hydroxylation is 1. The molecule has 0 heterocycles. The Bertz CT molecular complexity index is 733. The van der Waals surface area contributed by atoms with Crippen LogP contribution in [0.5, 0.6) is 17.2 Å². The number of nitrogens with one attached hydrogen (secondary N) is 1. The van der Waals surface area contributed by atoms with Crippen molar-refractivity contribution in [3.8, 4) is 17.2 Å². The summed E-state index contributed by atoms with van der Waals surface area (Å²) in [5.74, 6) is 1.41. The Labute approximate surface area is 146 Å². The lowest BCUT2D eigenvalue weighted by molar-refractivity contribution is -0.122. The van der Waals surface area contributed by atoms with Crippen molar-refractivity contribution in [2.45, 2.75) is 20.0 Å². The van der Waals surface area contributed by atoms with E-state index in [9.17, 15) is 4.79 Å². The van der Waals surface area contributed by atoms with Crippen molar-refractivity contribution >= 4 is 23.2 Å². The molecule has 0 aliphatic carbocycles. The molecule has 0 saturated heterocycles. The normalized spacial score (nSPS) is 11.5. The van der Waals surface area contributed by atoms with Gasteiger partial charge in [-0.15, -0.1) is 0 Å². The molecule has 24 heavy (non-hydrogen) atoms. The van der Waals surface area contributed by atoms with Crippen molar-refractivity contribution in [3.05, 3.63) is 47.0 Å². The van der Waals surface area contributed by atoms with Gasteiger partial charge in [0, 0.05) is 17.2 Å². The van der Waals surface area contributed by atoms with Crippen molar-refractivity contribution in [3.63, 3.8) is 0 Å². The highest BCUT2D eigenvalue weighted by atomic mass is 35.5. The first-order valence-electron chi connectivity index (χ1n) is 7.40. The van der Waals surface area contributed by atoms with Gasteiger partial charge in [-0.1, -0.05) is 17.7 Å². The first-order valence-corrected chi connectivity index (χ1v) is 7.78. The van der Waals surface area contributed by atoms with Crippen LogP contribution < -0.4 is 19.5 Å². The molecule has 0 radical (unpaired) electrons. The minimum absolute atomic E-state index is 0.294. The average molecular weight is 350 g/mol. The number of halogens is 1. The summed E-state index contributed by atoms with van der Waals surface area (Å²) in [5.41, 5.74) is 1.39. The van der Waals surface area contributed by atoms with Crippen molar-refractivity contribution in [2.75, 3.05) is 19.5 Å². The van der Waals surface area contributed by atoms with Gasteiger partial charge < -0.3 is 19.5 Å². The van der Waals surface area contributed by atoms with Crippen molar-refractivity contribution in [1.82, 2.24) is 0 Å². The summed E-state index contributed by atoms with van der Waals surface area (Å²) >= 11 is 6.07. The van der Waals surface area contributed by atoms with Gasteiger partial charge in [-0.05, 0) is 37.6 Å². The molecule has 0 saturated carbocycles. The number of benzene rings is 2. The quantitative estimate of drug-likeness (QED) is 0.854. The number of hydrogen-bond donors (Lipinski definition) is 1. The maximum atomic E-state index is 12.4. The molecule has 0 bridgehead atoms. The standard InChI is InChI=1S/C18H20ClNO4/c1-11-8-16(17(23-4)10-15(11)19)20-18(21)12(2)24-14-7-5-6-13(9-14)22-3/h5-10,12H,1-4H3,(H,20,21). The predicted molar refractivity (Wildman–Crippen MR) is 94.5 cm³/mol. The predicted octanol–water partition coefficient (Wildman–Crippen LogP) is 4.07. The number of anilines is 1. The van der Waals surface area contributed by atoms with Crippen LogP contribution in [0, 0.1) is 6.92 Å². The summed E-state index contributed by atoms with van der Waals surface area (Å²) < 4.78 is 16.1.